The number of benzene rings is 1. The smallest absolute Gasteiger partial charge is 0.303 e. The Kier molecular flexibility index (Phi) is 6.53. The number of likely N-dealkylation sites (N-methyl/N-ethyl adjacent to an activating group) is 1. The molecule has 144 valence electrons. The summed E-state index contributed by atoms with van der Waals surface area (Å²) in [6.07, 6.45) is 6.46. The van der Waals surface area contributed by atoms with Crippen molar-refractivity contribution in [2.45, 2.75) is 25.7 Å². The SMILES string of the molecule is CN(CCCC(=O)O)CCOC1=CC=C(n2nc3ccccc3c2Cl)CC1. The first-order valence-electron chi connectivity index (χ1n) is 9.11. The zero-order valence-electron chi connectivity index (χ0n) is 15.4. The summed E-state index contributed by atoms with van der Waals surface area (Å²) in [6, 6.07) is 7.84. The lowest BCUT2D eigenvalue weighted by atomic mass is 10.1. The first-order valence-corrected chi connectivity index (χ1v) is 9.49. The highest BCUT2D eigenvalue weighted by Gasteiger charge is 2.15. The standard InChI is InChI=1S/C20H24ClN3O3/c1-23(12-4-7-19(25)26)13-14-27-16-10-8-15(9-11-16)24-20(21)17-5-2-3-6-18(17)22-24/h2-3,5-6,8,10H,4,7,9,11-14H2,1H3,(H,25,26). The van der Waals surface area contributed by atoms with E-state index >= 15 is 0 Å². The molecule has 1 aromatic heterocycles. The summed E-state index contributed by atoms with van der Waals surface area (Å²) in [5.41, 5.74) is 1.94. The molecule has 3 rings (SSSR count). The van der Waals surface area contributed by atoms with Gasteiger partial charge in [-0.25, -0.2) is 4.68 Å². The zero-order chi connectivity index (χ0) is 19.2. The average Bonchev–Trinajstić information content (AvgIpc) is 2.99. The van der Waals surface area contributed by atoms with Crippen LogP contribution in [0.25, 0.3) is 16.6 Å². The van der Waals surface area contributed by atoms with Gasteiger partial charge in [-0.15, -0.1) is 0 Å². The minimum absolute atomic E-state index is 0.203. The van der Waals surface area contributed by atoms with Crippen molar-refractivity contribution in [2.75, 3.05) is 26.7 Å². The number of aromatic nitrogens is 2. The summed E-state index contributed by atoms with van der Waals surface area (Å²) in [4.78, 5) is 12.6. The average molecular weight is 390 g/mol. The largest absolute Gasteiger partial charge is 0.497 e. The molecule has 1 N–H and O–H groups in total. The molecule has 0 amide bonds. The third kappa shape index (κ3) is 5.11. The second kappa shape index (κ2) is 9.06. The van der Waals surface area contributed by atoms with E-state index in [9.17, 15) is 4.79 Å². The summed E-state index contributed by atoms with van der Waals surface area (Å²) < 4.78 is 7.65. The van der Waals surface area contributed by atoms with Gasteiger partial charge in [0.15, 0.2) is 0 Å². The van der Waals surface area contributed by atoms with Crippen LogP contribution in [-0.4, -0.2) is 52.5 Å². The summed E-state index contributed by atoms with van der Waals surface area (Å²) in [7, 11) is 1.98. The predicted octanol–water partition coefficient (Wildman–Crippen LogP) is 4.02. The molecular formula is C20H24ClN3O3. The summed E-state index contributed by atoms with van der Waals surface area (Å²) in [5.74, 6) is 0.199. The van der Waals surface area contributed by atoms with Crippen LogP contribution in [0.4, 0.5) is 0 Å². The van der Waals surface area contributed by atoms with Crippen LogP contribution in [0, 0.1) is 0 Å². The molecule has 0 spiro atoms. The Morgan fingerprint density at radius 2 is 2.11 bits per heavy atom. The first kappa shape index (κ1) is 19.5. The third-order valence-electron chi connectivity index (χ3n) is 4.57. The van der Waals surface area contributed by atoms with E-state index in [1.54, 1.807) is 4.68 Å². The molecule has 1 aliphatic carbocycles. The molecule has 6 nitrogen and oxygen atoms in total. The number of carboxylic acid groups (broad SMARTS) is 1. The van der Waals surface area contributed by atoms with Crippen molar-refractivity contribution in [3.05, 3.63) is 47.3 Å². The van der Waals surface area contributed by atoms with Crippen LogP contribution < -0.4 is 0 Å². The number of fused-ring (bicyclic) bond motifs is 1. The fourth-order valence-electron chi connectivity index (χ4n) is 3.04. The maximum atomic E-state index is 10.5. The van der Waals surface area contributed by atoms with E-state index in [2.05, 4.69) is 10.00 Å². The molecule has 0 bridgehead atoms. The van der Waals surface area contributed by atoms with Crippen LogP contribution in [-0.2, 0) is 9.53 Å². The van der Waals surface area contributed by atoms with Crippen molar-refractivity contribution >= 4 is 34.2 Å². The molecule has 27 heavy (non-hydrogen) atoms. The summed E-state index contributed by atoms with van der Waals surface area (Å²) in [6.45, 7) is 2.11. The number of aliphatic carboxylic acids is 1. The number of hydrogen-bond donors (Lipinski definition) is 1. The number of hydrogen-bond acceptors (Lipinski definition) is 4. The van der Waals surface area contributed by atoms with Gasteiger partial charge in [0.2, 0.25) is 0 Å². The van der Waals surface area contributed by atoms with Crippen molar-refractivity contribution < 1.29 is 14.6 Å². The van der Waals surface area contributed by atoms with Crippen LogP contribution in [0.1, 0.15) is 25.7 Å². The maximum absolute atomic E-state index is 10.5. The number of rotatable bonds is 9. The monoisotopic (exact) mass is 389 g/mol. The molecule has 2 aromatic rings. The topological polar surface area (TPSA) is 67.6 Å². The molecule has 0 unspecified atom stereocenters. The molecule has 1 heterocycles. The molecule has 1 aromatic carbocycles. The summed E-state index contributed by atoms with van der Waals surface area (Å²) >= 11 is 6.47. The number of ether oxygens (including phenoxy) is 1. The van der Waals surface area contributed by atoms with Gasteiger partial charge in [-0.05, 0) is 50.7 Å². The lowest BCUT2D eigenvalue weighted by Crippen LogP contribution is -2.24. The second-order valence-electron chi connectivity index (χ2n) is 6.66. The Morgan fingerprint density at radius 1 is 1.30 bits per heavy atom. The molecule has 0 aliphatic heterocycles. The van der Waals surface area contributed by atoms with E-state index in [0.717, 1.165) is 48.3 Å². The van der Waals surface area contributed by atoms with E-state index in [1.807, 2.05) is 43.5 Å². The van der Waals surface area contributed by atoms with E-state index in [0.29, 0.717) is 18.2 Å². The van der Waals surface area contributed by atoms with Gasteiger partial charge in [0.25, 0.3) is 0 Å². The van der Waals surface area contributed by atoms with Crippen molar-refractivity contribution in [3.8, 4) is 0 Å². The van der Waals surface area contributed by atoms with Crippen LogP contribution in [0.2, 0.25) is 5.15 Å². The van der Waals surface area contributed by atoms with Crippen LogP contribution in [0.5, 0.6) is 0 Å². The maximum Gasteiger partial charge on any atom is 0.303 e. The quantitative estimate of drug-likeness (QED) is 0.701. The Hall–Kier alpha value is -2.31. The Labute approximate surface area is 163 Å². The van der Waals surface area contributed by atoms with Crippen molar-refractivity contribution in [3.63, 3.8) is 0 Å². The highest BCUT2D eigenvalue weighted by Crippen LogP contribution is 2.30. The number of nitrogens with zero attached hydrogens (tertiary/aromatic N) is 3. The molecular weight excluding hydrogens is 366 g/mol. The lowest BCUT2D eigenvalue weighted by Gasteiger charge is -2.19. The third-order valence-corrected chi connectivity index (χ3v) is 4.94. The fourth-order valence-corrected chi connectivity index (χ4v) is 3.35. The van der Waals surface area contributed by atoms with Gasteiger partial charge < -0.3 is 14.7 Å². The molecule has 0 saturated heterocycles. The van der Waals surface area contributed by atoms with Crippen molar-refractivity contribution in [1.82, 2.24) is 14.7 Å². The normalized spacial score (nSPS) is 14.3. The second-order valence-corrected chi connectivity index (χ2v) is 7.02. The van der Waals surface area contributed by atoms with Crippen LogP contribution in [0.3, 0.4) is 0 Å². The van der Waals surface area contributed by atoms with Crippen LogP contribution >= 0.6 is 11.6 Å². The molecule has 0 radical (unpaired) electrons. The molecule has 1 aliphatic rings. The Morgan fingerprint density at radius 3 is 2.81 bits per heavy atom. The molecule has 0 fully saturated rings. The zero-order valence-corrected chi connectivity index (χ0v) is 16.2. The fraction of sp³-hybridized carbons (Fsp3) is 0.400. The van der Waals surface area contributed by atoms with Crippen molar-refractivity contribution in [2.24, 2.45) is 0 Å². The molecule has 7 heteroatoms. The number of carbonyl (C=O) groups is 1. The van der Waals surface area contributed by atoms with Gasteiger partial charge in [0.1, 0.15) is 11.8 Å². The van der Waals surface area contributed by atoms with Gasteiger partial charge in [-0.1, -0.05) is 23.7 Å². The van der Waals surface area contributed by atoms with Crippen LogP contribution in [0.15, 0.2) is 42.2 Å². The number of allylic oxidation sites excluding steroid dienone is 4. The van der Waals surface area contributed by atoms with Gasteiger partial charge in [-0.3, -0.25) is 4.79 Å². The minimum atomic E-state index is -0.750. The highest BCUT2D eigenvalue weighted by atomic mass is 35.5. The Bertz CT molecular complexity index is 872. The van der Waals surface area contributed by atoms with Gasteiger partial charge in [0, 0.05) is 30.5 Å². The van der Waals surface area contributed by atoms with E-state index in [-0.39, 0.29) is 6.42 Å². The number of carboxylic acids is 1. The Balaban J connectivity index is 1.52. The van der Waals surface area contributed by atoms with Gasteiger partial charge in [-0.2, -0.15) is 5.10 Å². The minimum Gasteiger partial charge on any atom is -0.497 e. The molecule has 0 saturated carbocycles. The van der Waals surface area contributed by atoms with E-state index < -0.39 is 5.97 Å². The first-order chi connectivity index (χ1) is 13.0. The van der Waals surface area contributed by atoms with Gasteiger partial charge in [0.05, 0.1) is 11.3 Å². The number of halogens is 1. The molecule has 0 atom stereocenters. The van der Waals surface area contributed by atoms with E-state index in [4.69, 9.17) is 21.4 Å². The predicted molar refractivity (Wildman–Crippen MR) is 107 cm³/mol. The van der Waals surface area contributed by atoms with Gasteiger partial charge >= 0.3 is 5.97 Å². The highest BCUT2D eigenvalue weighted by molar-refractivity contribution is 6.34. The summed E-state index contributed by atoms with van der Waals surface area (Å²) in [5, 5.41) is 14.8. The van der Waals surface area contributed by atoms with Crippen molar-refractivity contribution in [1.29, 1.82) is 0 Å². The lowest BCUT2D eigenvalue weighted by molar-refractivity contribution is -0.137. The van der Waals surface area contributed by atoms with E-state index in [1.165, 1.54) is 0 Å².